The quantitative estimate of drug-likeness (QED) is 0.199. The lowest BCUT2D eigenvalue weighted by molar-refractivity contribution is -0.0328. The third-order valence-corrected chi connectivity index (χ3v) is 7.33. The number of aromatic nitrogens is 1. The van der Waals surface area contributed by atoms with Crippen LogP contribution < -0.4 is 11.1 Å². The number of alkyl halides is 3. The summed E-state index contributed by atoms with van der Waals surface area (Å²) in [6.45, 7) is 0.211. The standard InChI is InChI=1S/C27H19BrCl2F3N3OS/c28-18-5-1-15(2-6-18)25-22(21-10-7-19(29)12-23(21)30)11-17(24(13-34)36-25)14-35-26(37)16-3-8-20(9-4-16)38-27(31,32)33/h1-12H,13-14,34H2,(H,35,37). The van der Waals surface area contributed by atoms with E-state index in [4.69, 9.17) is 33.9 Å². The predicted molar refractivity (Wildman–Crippen MR) is 150 cm³/mol. The van der Waals surface area contributed by atoms with Crippen LogP contribution in [0.3, 0.4) is 0 Å². The fourth-order valence-electron chi connectivity index (χ4n) is 3.75. The molecule has 3 N–H and O–H groups in total. The molecule has 0 atom stereocenters. The molecular formula is C27H19BrCl2F3N3OS. The van der Waals surface area contributed by atoms with Crippen molar-refractivity contribution in [3.05, 3.63) is 104 Å². The summed E-state index contributed by atoms with van der Waals surface area (Å²) in [6.07, 6.45) is 0. The molecule has 0 bridgehead atoms. The van der Waals surface area contributed by atoms with Gasteiger partial charge < -0.3 is 11.1 Å². The van der Waals surface area contributed by atoms with Crippen LogP contribution in [-0.2, 0) is 13.1 Å². The van der Waals surface area contributed by atoms with E-state index in [9.17, 15) is 18.0 Å². The molecule has 0 radical (unpaired) electrons. The average molecular weight is 641 g/mol. The lowest BCUT2D eigenvalue weighted by atomic mass is 9.96. The second kappa shape index (κ2) is 12.1. The van der Waals surface area contributed by atoms with Gasteiger partial charge >= 0.3 is 5.51 Å². The van der Waals surface area contributed by atoms with Gasteiger partial charge in [0, 0.05) is 54.8 Å². The summed E-state index contributed by atoms with van der Waals surface area (Å²) in [5, 5.41) is 3.73. The summed E-state index contributed by atoms with van der Waals surface area (Å²) in [6, 6.07) is 19.9. The summed E-state index contributed by atoms with van der Waals surface area (Å²) >= 11 is 15.9. The normalized spacial score (nSPS) is 11.4. The molecule has 1 aromatic heterocycles. The number of carbonyl (C=O) groups is 1. The number of pyridine rings is 1. The van der Waals surface area contributed by atoms with E-state index in [1.54, 1.807) is 18.2 Å². The Kier molecular flexibility index (Phi) is 9.05. The molecular weight excluding hydrogens is 622 g/mol. The number of hydrogen-bond donors (Lipinski definition) is 2. The molecule has 0 unspecified atom stereocenters. The first kappa shape index (κ1) is 28.4. The molecule has 1 heterocycles. The molecule has 0 fully saturated rings. The van der Waals surface area contributed by atoms with Crippen LogP contribution in [0.1, 0.15) is 21.6 Å². The highest BCUT2D eigenvalue weighted by molar-refractivity contribution is 9.10. The van der Waals surface area contributed by atoms with Gasteiger partial charge in [0.05, 0.1) is 11.4 Å². The topological polar surface area (TPSA) is 68.0 Å². The van der Waals surface area contributed by atoms with E-state index in [1.807, 2.05) is 30.3 Å². The molecule has 4 nitrogen and oxygen atoms in total. The molecule has 0 aliphatic heterocycles. The first-order chi connectivity index (χ1) is 18.0. The zero-order chi connectivity index (χ0) is 27.4. The van der Waals surface area contributed by atoms with E-state index in [0.717, 1.165) is 15.6 Å². The first-order valence-electron chi connectivity index (χ1n) is 11.1. The van der Waals surface area contributed by atoms with E-state index in [1.165, 1.54) is 24.3 Å². The molecule has 38 heavy (non-hydrogen) atoms. The highest BCUT2D eigenvalue weighted by Gasteiger charge is 2.29. The zero-order valence-corrected chi connectivity index (χ0v) is 23.4. The summed E-state index contributed by atoms with van der Waals surface area (Å²) < 4.78 is 38.7. The molecule has 0 aliphatic rings. The van der Waals surface area contributed by atoms with Gasteiger partial charge in [-0.2, -0.15) is 13.2 Å². The van der Waals surface area contributed by atoms with Gasteiger partial charge in [-0.1, -0.05) is 57.3 Å². The first-order valence-corrected chi connectivity index (χ1v) is 13.5. The molecule has 0 aliphatic carbocycles. The van der Waals surface area contributed by atoms with Gasteiger partial charge in [-0.15, -0.1) is 0 Å². The van der Waals surface area contributed by atoms with E-state index in [2.05, 4.69) is 21.2 Å². The predicted octanol–water partition coefficient (Wildman–Crippen LogP) is 8.49. The second-order valence-corrected chi connectivity index (χ2v) is 11.0. The van der Waals surface area contributed by atoms with Crippen LogP contribution in [0.15, 0.2) is 82.2 Å². The fraction of sp³-hybridized carbons (Fsp3) is 0.111. The number of hydrogen-bond acceptors (Lipinski definition) is 4. The van der Waals surface area contributed by atoms with Gasteiger partial charge in [0.1, 0.15) is 0 Å². The second-order valence-electron chi connectivity index (χ2n) is 8.08. The number of nitrogens with zero attached hydrogens (tertiary/aromatic N) is 1. The summed E-state index contributed by atoms with van der Waals surface area (Å²) in [4.78, 5) is 17.6. The Morgan fingerprint density at radius 3 is 2.26 bits per heavy atom. The maximum atomic E-state index is 12.7. The highest BCUT2D eigenvalue weighted by Crippen LogP contribution is 2.38. The Morgan fingerprint density at radius 2 is 1.66 bits per heavy atom. The van der Waals surface area contributed by atoms with Crippen LogP contribution in [0.5, 0.6) is 0 Å². The number of rotatable bonds is 7. The van der Waals surface area contributed by atoms with E-state index >= 15 is 0 Å². The van der Waals surface area contributed by atoms with Gasteiger partial charge in [0.25, 0.3) is 5.91 Å². The van der Waals surface area contributed by atoms with Crippen molar-refractivity contribution in [1.82, 2.24) is 10.3 Å². The van der Waals surface area contributed by atoms with Crippen molar-refractivity contribution in [3.8, 4) is 22.4 Å². The minimum absolute atomic E-state index is 0.00307. The molecule has 196 valence electrons. The van der Waals surface area contributed by atoms with Crippen molar-refractivity contribution in [2.45, 2.75) is 23.5 Å². The van der Waals surface area contributed by atoms with Crippen molar-refractivity contribution in [3.63, 3.8) is 0 Å². The molecule has 4 aromatic rings. The summed E-state index contributed by atoms with van der Waals surface area (Å²) in [5.41, 5.74) is 6.04. The van der Waals surface area contributed by atoms with E-state index in [0.29, 0.717) is 32.6 Å². The van der Waals surface area contributed by atoms with Crippen LogP contribution >= 0.6 is 50.9 Å². The van der Waals surface area contributed by atoms with Crippen molar-refractivity contribution in [2.75, 3.05) is 0 Å². The summed E-state index contributed by atoms with van der Waals surface area (Å²) in [5.74, 6) is -0.445. The minimum Gasteiger partial charge on any atom is -0.348 e. The third kappa shape index (κ3) is 7.09. The fourth-order valence-corrected chi connectivity index (χ4v) is 5.06. The van der Waals surface area contributed by atoms with Crippen molar-refractivity contribution in [2.24, 2.45) is 5.73 Å². The Bertz CT molecular complexity index is 1470. The van der Waals surface area contributed by atoms with E-state index < -0.39 is 11.4 Å². The average Bonchev–Trinajstić information content (AvgIpc) is 2.87. The minimum atomic E-state index is -4.40. The Balaban J connectivity index is 1.67. The zero-order valence-electron chi connectivity index (χ0n) is 19.5. The Morgan fingerprint density at radius 1 is 0.974 bits per heavy atom. The van der Waals surface area contributed by atoms with Crippen LogP contribution in [0, 0.1) is 0 Å². The highest BCUT2D eigenvalue weighted by atomic mass is 79.9. The molecule has 0 saturated carbocycles. The Labute approximate surface area is 239 Å². The third-order valence-electron chi connectivity index (χ3n) is 5.51. The number of halogens is 6. The van der Waals surface area contributed by atoms with Crippen molar-refractivity contribution >= 4 is 56.8 Å². The number of benzene rings is 3. The monoisotopic (exact) mass is 639 g/mol. The molecule has 4 rings (SSSR count). The van der Waals surface area contributed by atoms with Gasteiger partial charge in [0.2, 0.25) is 0 Å². The van der Waals surface area contributed by atoms with Gasteiger partial charge in [-0.3, -0.25) is 9.78 Å². The maximum absolute atomic E-state index is 12.7. The van der Waals surface area contributed by atoms with Gasteiger partial charge in [-0.05, 0) is 71.9 Å². The number of nitrogens with two attached hydrogens (primary N) is 1. The largest absolute Gasteiger partial charge is 0.446 e. The van der Waals surface area contributed by atoms with Crippen LogP contribution in [0.4, 0.5) is 13.2 Å². The smallest absolute Gasteiger partial charge is 0.348 e. The number of amides is 1. The Hall–Kier alpha value is -2.56. The van der Waals surface area contributed by atoms with Crippen LogP contribution in [0.2, 0.25) is 10.0 Å². The number of nitrogens with one attached hydrogen (secondary N) is 1. The van der Waals surface area contributed by atoms with Gasteiger partial charge in [-0.25, -0.2) is 0 Å². The van der Waals surface area contributed by atoms with Gasteiger partial charge in [0.15, 0.2) is 0 Å². The van der Waals surface area contributed by atoms with Crippen molar-refractivity contribution in [1.29, 1.82) is 0 Å². The SMILES string of the molecule is NCc1nc(-c2ccc(Br)cc2)c(-c2ccc(Cl)cc2Cl)cc1CNC(=O)c1ccc(SC(F)(F)F)cc1. The molecule has 11 heteroatoms. The molecule has 1 amide bonds. The maximum Gasteiger partial charge on any atom is 0.446 e. The summed E-state index contributed by atoms with van der Waals surface area (Å²) in [7, 11) is 0. The molecule has 0 spiro atoms. The number of carbonyl (C=O) groups excluding carboxylic acids is 1. The van der Waals surface area contributed by atoms with Crippen LogP contribution in [-0.4, -0.2) is 16.4 Å². The molecule has 3 aromatic carbocycles. The van der Waals surface area contributed by atoms with E-state index in [-0.39, 0.29) is 35.3 Å². The lowest BCUT2D eigenvalue weighted by Crippen LogP contribution is -2.24. The number of thioether (sulfide) groups is 1. The van der Waals surface area contributed by atoms with Crippen molar-refractivity contribution < 1.29 is 18.0 Å². The molecule has 0 saturated heterocycles. The lowest BCUT2D eigenvalue weighted by Gasteiger charge is -2.17. The van der Waals surface area contributed by atoms with Crippen LogP contribution in [0.25, 0.3) is 22.4 Å².